The molecule has 1 amide bonds. The Morgan fingerprint density at radius 3 is 2.26 bits per heavy atom. The lowest BCUT2D eigenvalue weighted by atomic mass is 10.2. The highest BCUT2D eigenvalue weighted by molar-refractivity contribution is 7.92. The molecule has 180 valence electrons. The maximum Gasteiger partial charge on any atom is 0.261 e. The van der Waals surface area contributed by atoms with E-state index in [2.05, 4.69) is 25.3 Å². The van der Waals surface area contributed by atoms with E-state index in [4.69, 9.17) is 10.5 Å². The molecule has 0 fully saturated rings. The first-order valence-corrected chi connectivity index (χ1v) is 11.9. The van der Waals surface area contributed by atoms with Gasteiger partial charge in [0, 0.05) is 17.1 Å². The normalized spacial score (nSPS) is 11.2. The number of primary amides is 1. The number of sulfonamides is 1. The number of amides is 1. The lowest BCUT2D eigenvalue weighted by Gasteiger charge is -2.12. The fraction of sp³-hybridized carbons (Fsp3) is 0.130. The quantitative estimate of drug-likeness (QED) is 0.338. The van der Waals surface area contributed by atoms with Crippen molar-refractivity contribution >= 4 is 33.1 Å². The molecule has 11 nitrogen and oxygen atoms in total. The maximum absolute atomic E-state index is 12.8. The molecule has 0 aliphatic rings. The van der Waals surface area contributed by atoms with Crippen LogP contribution in [0.4, 0.5) is 17.2 Å². The number of hydrogen-bond acceptors (Lipinski definition) is 8. The Labute approximate surface area is 202 Å². The number of aryl methyl sites for hydroxylation is 2. The smallest absolute Gasteiger partial charge is 0.261 e. The molecule has 0 spiro atoms. The lowest BCUT2D eigenvalue weighted by Crippen LogP contribution is -2.16. The fourth-order valence-corrected chi connectivity index (χ4v) is 4.48. The molecule has 0 radical (unpaired) electrons. The van der Waals surface area contributed by atoms with E-state index in [0.29, 0.717) is 23.0 Å². The highest BCUT2D eigenvalue weighted by atomic mass is 32.2. The Balaban J connectivity index is 1.46. The molecule has 0 unspecified atom stereocenters. The van der Waals surface area contributed by atoms with Gasteiger partial charge in [0.2, 0.25) is 0 Å². The molecule has 2 heterocycles. The zero-order chi connectivity index (χ0) is 25.2. The van der Waals surface area contributed by atoms with Gasteiger partial charge in [-0.05, 0) is 74.5 Å². The van der Waals surface area contributed by atoms with E-state index in [1.54, 1.807) is 41.1 Å². The lowest BCUT2D eigenvalue weighted by molar-refractivity contribution is 0.0997. The minimum absolute atomic E-state index is 0.0279. The SMILES string of the molecule is COc1ccc(S(=O)(=O)Nc2ccc(Nc3ccc(-n4nc(C)cc4C)nn3)cc2)cc1C(N)=O. The van der Waals surface area contributed by atoms with E-state index in [9.17, 15) is 13.2 Å². The second kappa shape index (κ2) is 9.43. The van der Waals surface area contributed by atoms with Crippen LogP contribution in [0.1, 0.15) is 21.7 Å². The number of carbonyl (C=O) groups excluding carboxylic acids is 1. The third kappa shape index (κ3) is 5.22. The monoisotopic (exact) mass is 493 g/mol. The van der Waals surface area contributed by atoms with Gasteiger partial charge in [-0.3, -0.25) is 9.52 Å². The molecule has 0 aliphatic carbocycles. The molecule has 4 aromatic rings. The van der Waals surface area contributed by atoms with E-state index in [-0.39, 0.29) is 16.2 Å². The van der Waals surface area contributed by atoms with Gasteiger partial charge in [-0.25, -0.2) is 13.1 Å². The predicted octanol–water partition coefficient (Wildman–Crippen LogP) is 2.93. The van der Waals surface area contributed by atoms with Crippen LogP contribution in [0.2, 0.25) is 0 Å². The molecule has 2 aromatic carbocycles. The summed E-state index contributed by atoms with van der Waals surface area (Å²) in [5.74, 6) is 0.517. The van der Waals surface area contributed by atoms with Crippen molar-refractivity contribution in [3.8, 4) is 11.6 Å². The van der Waals surface area contributed by atoms with Crippen LogP contribution in [0.5, 0.6) is 5.75 Å². The maximum atomic E-state index is 12.8. The van der Waals surface area contributed by atoms with Gasteiger partial charge in [0.05, 0.1) is 23.3 Å². The fourth-order valence-electron chi connectivity index (χ4n) is 3.40. The second-order valence-electron chi connectivity index (χ2n) is 7.65. The third-order valence-corrected chi connectivity index (χ3v) is 6.41. The molecule has 0 atom stereocenters. The summed E-state index contributed by atoms with van der Waals surface area (Å²) < 4.78 is 34.8. The van der Waals surface area contributed by atoms with Crippen LogP contribution in [-0.2, 0) is 10.0 Å². The number of methoxy groups -OCH3 is 1. The number of aromatic nitrogens is 4. The molecule has 2 aromatic heterocycles. The Morgan fingerprint density at radius 2 is 1.69 bits per heavy atom. The molecular weight excluding hydrogens is 470 g/mol. The highest BCUT2D eigenvalue weighted by Gasteiger charge is 2.19. The van der Waals surface area contributed by atoms with Gasteiger partial charge >= 0.3 is 0 Å². The standard InChI is InChI=1S/C23H23N7O4S/c1-14-12-15(2)30(28-14)22-11-10-21(26-27-22)25-16-4-6-17(7-5-16)29-35(32,33)18-8-9-20(34-3)19(13-18)23(24)31/h4-13,29H,1-3H3,(H2,24,31)(H,25,26). The molecule has 4 N–H and O–H groups in total. The third-order valence-electron chi connectivity index (χ3n) is 5.03. The Hall–Kier alpha value is -4.45. The molecule has 4 rings (SSSR count). The number of nitrogens with two attached hydrogens (primary N) is 1. The Morgan fingerprint density at radius 1 is 0.971 bits per heavy atom. The van der Waals surface area contributed by atoms with Crippen molar-refractivity contribution in [2.45, 2.75) is 18.7 Å². The Kier molecular flexibility index (Phi) is 6.38. The summed E-state index contributed by atoms with van der Waals surface area (Å²) in [4.78, 5) is 11.5. The van der Waals surface area contributed by atoms with Gasteiger partial charge in [0.1, 0.15) is 5.75 Å². The molecule has 0 aliphatic heterocycles. The number of ether oxygens (including phenoxy) is 1. The van der Waals surface area contributed by atoms with Crippen LogP contribution < -0.4 is 20.5 Å². The molecule has 12 heteroatoms. The zero-order valence-electron chi connectivity index (χ0n) is 19.2. The van der Waals surface area contributed by atoms with Crippen molar-refractivity contribution < 1.29 is 17.9 Å². The van der Waals surface area contributed by atoms with Crippen LogP contribution >= 0.6 is 0 Å². The van der Waals surface area contributed by atoms with Gasteiger partial charge in [-0.15, -0.1) is 10.2 Å². The van der Waals surface area contributed by atoms with Gasteiger partial charge in [-0.1, -0.05) is 0 Å². The van der Waals surface area contributed by atoms with Gasteiger partial charge < -0.3 is 15.8 Å². The van der Waals surface area contributed by atoms with Crippen molar-refractivity contribution in [3.63, 3.8) is 0 Å². The Bertz CT molecular complexity index is 1480. The molecular formula is C23H23N7O4S. The first-order chi connectivity index (χ1) is 16.7. The average Bonchev–Trinajstić information content (AvgIpc) is 3.17. The van der Waals surface area contributed by atoms with E-state index < -0.39 is 15.9 Å². The number of nitrogens with zero attached hydrogens (tertiary/aromatic N) is 4. The first-order valence-electron chi connectivity index (χ1n) is 10.4. The summed E-state index contributed by atoms with van der Waals surface area (Å²) in [5, 5.41) is 15.9. The molecule has 35 heavy (non-hydrogen) atoms. The minimum Gasteiger partial charge on any atom is -0.496 e. The van der Waals surface area contributed by atoms with Crippen molar-refractivity contribution in [1.29, 1.82) is 0 Å². The summed E-state index contributed by atoms with van der Waals surface area (Å²) >= 11 is 0. The van der Waals surface area contributed by atoms with Crippen molar-refractivity contribution in [2.75, 3.05) is 17.1 Å². The van der Waals surface area contributed by atoms with E-state index >= 15 is 0 Å². The van der Waals surface area contributed by atoms with Crippen LogP contribution in [0.15, 0.2) is 65.6 Å². The van der Waals surface area contributed by atoms with Crippen LogP contribution in [0.3, 0.4) is 0 Å². The number of nitrogens with one attached hydrogen (secondary N) is 2. The van der Waals surface area contributed by atoms with Crippen LogP contribution in [0.25, 0.3) is 5.82 Å². The van der Waals surface area contributed by atoms with E-state index in [0.717, 1.165) is 11.4 Å². The second-order valence-corrected chi connectivity index (χ2v) is 9.33. The zero-order valence-corrected chi connectivity index (χ0v) is 20.0. The van der Waals surface area contributed by atoms with Crippen LogP contribution in [0, 0.1) is 13.8 Å². The van der Waals surface area contributed by atoms with Crippen molar-refractivity contribution in [3.05, 3.63) is 77.6 Å². The number of benzene rings is 2. The average molecular weight is 494 g/mol. The van der Waals surface area contributed by atoms with E-state index in [1.165, 1.54) is 25.3 Å². The highest BCUT2D eigenvalue weighted by Crippen LogP contribution is 2.25. The molecule has 0 bridgehead atoms. The number of hydrogen-bond donors (Lipinski definition) is 3. The molecule has 0 saturated heterocycles. The topological polar surface area (TPSA) is 154 Å². The van der Waals surface area contributed by atoms with Crippen molar-refractivity contribution in [1.82, 2.24) is 20.0 Å². The van der Waals surface area contributed by atoms with E-state index in [1.807, 2.05) is 19.9 Å². The summed E-state index contributed by atoms with van der Waals surface area (Å²) in [7, 11) is -2.60. The predicted molar refractivity (Wildman–Crippen MR) is 131 cm³/mol. The number of anilines is 3. The summed E-state index contributed by atoms with van der Waals surface area (Å²) in [5.41, 5.74) is 8.16. The summed E-state index contributed by atoms with van der Waals surface area (Å²) in [6.07, 6.45) is 0. The first kappa shape index (κ1) is 23.7. The number of carbonyl (C=O) groups is 1. The van der Waals surface area contributed by atoms with Gasteiger partial charge in [0.25, 0.3) is 15.9 Å². The summed E-state index contributed by atoms with van der Waals surface area (Å²) in [6.45, 7) is 3.85. The van der Waals surface area contributed by atoms with Gasteiger partial charge in [-0.2, -0.15) is 5.10 Å². The molecule has 0 saturated carbocycles. The largest absolute Gasteiger partial charge is 0.496 e. The van der Waals surface area contributed by atoms with Crippen LogP contribution in [-0.4, -0.2) is 41.4 Å². The van der Waals surface area contributed by atoms with Gasteiger partial charge in [0.15, 0.2) is 11.6 Å². The van der Waals surface area contributed by atoms with Crippen molar-refractivity contribution in [2.24, 2.45) is 5.73 Å². The minimum atomic E-state index is -3.96. The summed E-state index contributed by atoms with van der Waals surface area (Å²) in [6, 6.07) is 16.0. The number of rotatable bonds is 8.